The summed E-state index contributed by atoms with van der Waals surface area (Å²) in [6.45, 7) is 2.15. The van der Waals surface area contributed by atoms with Crippen LogP contribution in [-0.4, -0.2) is 30.6 Å². The number of ketones is 1. The first-order chi connectivity index (χ1) is 13.4. The highest BCUT2D eigenvalue weighted by molar-refractivity contribution is 5.98. The molecule has 0 bridgehead atoms. The molecule has 0 N–H and O–H groups in total. The Labute approximate surface area is 160 Å². The number of carbonyl (C=O) groups is 1. The van der Waals surface area contributed by atoms with Crippen molar-refractivity contribution in [3.63, 3.8) is 0 Å². The number of para-hydroxylation sites is 1. The summed E-state index contributed by atoms with van der Waals surface area (Å²) in [4.78, 5) is 15.0. The van der Waals surface area contributed by atoms with Crippen LogP contribution in [0.15, 0.2) is 42.5 Å². The van der Waals surface area contributed by atoms with E-state index in [1.807, 2.05) is 18.2 Å². The molecule has 1 atom stereocenters. The fourth-order valence-electron chi connectivity index (χ4n) is 3.85. The van der Waals surface area contributed by atoms with Crippen molar-refractivity contribution in [1.82, 2.24) is 4.90 Å². The summed E-state index contributed by atoms with van der Waals surface area (Å²) in [7, 11) is 0. The molecule has 4 nitrogen and oxygen atoms in total. The Morgan fingerprint density at radius 1 is 1.14 bits per heavy atom. The zero-order valence-electron chi connectivity index (χ0n) is 15.2. The van der Waals surface area contributed by atoms with Crippen LogP contribution in [-0.2, 0) is 12.7 Å². The van der Waals surface area contributed by atoms with Crippen LogP contribution in [0.3, 0.4) is 0 Å². The van der Waals surface area contributed by atoms with Gasteiger partial charge in [-0.2, -0.15) is 13.2 Å². The quantitative estimate of drug-likeness (QED) is 0.718. The third-order valence-electron chi connectivity index (χ3n) is 5.22. The molecule has 2 heterocycles. The molecule has 148 valence electrons. The summed E-state index contributed by atoms with van der Waals surface area (Å²) in [5.41, 5.74) is 0.323. The molecule has 1 saturated heterocycles. The Balaban J connectivity index is 1.47. The maximum absolute atomic E-state index is 12.9. The second-order valence-electron chi connectivity index (χ2n) is 7.17. The van der Waals surface area contributed by atoms with Crippen molar-refractivity contribution in [3.8, 4) is 11.5 Å². The standard InChI is InChI=1S/C21H20F3NO3/c22-21(23,24)17-7-1-4-14(10-17)19(26)15-6-3-9-25(11-15)12-16-5-2-8-18-20(16)28-13-27-18/h1-2,4-5,7-8,10,15H,3,6,9,11-13H2/t15-/m1/s1. The minimum Gasteiger partial charge on any atom is -0.454 e. The lowest BCUT2D eigenvalue weighted by atomic mass is 9.89. The van der Waals surface area contributed by atoms with Gasteiger partial charge in [0, 0.05) is 30.1 Å². The molecule has 28 heavy (non-hydrogen) atoms. The topological polar surface area (TPSA) is 38.8 Å². The Hall–Kier alpha value is -2.54. The van der Waals surface area contributed by atoms with E-state index in [1.165, 1.54) is 12.1 Å². The second-order valence-corrected chi connectivity index (χ2v) is 7.17. The number of hydrogen-bond donors (Lipinski definition) is 0. The van der Waals surface area contributed by atoms with Gasteiger partial charge in [0.1, 0.15) is 0 Å². The zero-order chi connectivity index (χ0) is 19.7. The van der Waals surface area contributed by atoms with Crippen LogP contribution in [0.25, 0.3) is 0 Å². The van der Waals surface area contributed by atoms with E-state index in [0.29, 0.717) is 25.3 Å². The number of likely N-dealkylation sites (tertiary alicyclic amines) is 1. The smallest absolute Gasteiger partial charge is 0.416 e. The van der Waals surface area contributed by atoms with Crippen molar-refractivity contribution >= 4 is 5.78 Å². The molecule has 0 radical (unpaired) electrons. The van der Waals surface area contributed by atoms with Gasteiger partial charge in [0.15, 0.2) is 17.3 Å². The van der Waals surface area contributed by atoms with Gasteiger partial charge < -0.3 is 9.47 Å². The normalized spacial score (nSPS) is 19.6. The molecule has 2 aliphatic rings. The molecule has 0 aromatic heterocycles. The van der Waals surface area contributed by atoms with Gasteiger partial charge in [0.05, 0.1) is 5.56 Å². The Morgan fingerprint density at radius 2 is 1.96 bits per heavy atom. The van der Waals surface area contributed by atoms with E-state index in [4.69, 9.17) is 9.47 Å². The monoisotopic (exact) mass is 391 g/mol. The van der Waals surface area contributed by atoms with Crippen molar-refractivity contribution in [2.45, 2.75) is 25.6 Å². The first kappa shape index (κ1) is 18.8. The van der Waals surface area contributed by atoms with E-state index in [1.54, 1.807) is 0 Å². The Kier molecular flexibility index (Phi) is 5.02. The molecule has 0 spiro atoms. The molecule has 1 fully saturated rings. The van der Waals surface area contributed by atoms with Crippen LogP contribution in [0.2, 0.25) is 0 Å². The van der Waals surface area contributed by atoms with Crippen molar-refractivity contribution < 1.29 is 27.4 Å². The molecule has 0 aliphatic carbocycles. The number of fused-ring (bicyclic) bond motifs is 1. The number of benzene rings is 2. The number of rotatable bonds is 4. The highest BCUT2D eigenvalue weighted by Crippen LogP contribution is 2.36. The molecule has 0 unspecified atom stereocenters. The van der Waals surface area contributed by atoms with Gasteiger partial charge in [-0.15, -0.1) is 0 Å². The summed E-state index contributed by atoms with van der Waals surface area (Å²) < 4.78 is 49.8. The molecular formula is C21H20F3NO3. The summed E-state index contributed by atoms with van der Waals surface area (Å²) in [6, 6.07) is 10.4. The van der Waals surface area contributed by atoms with Crippen molar-refractivity contribution in [1.29, 1.82) is 0 Å². The molecule has 4 rings (SSSR count). The molecule has 7 heteroatoms. The summed E-state index contributed by atoms with van der Waals surface area (Å²) >= 11 is 0. The molecular weight excluding hydrogens is 371 g/mol. The number of alkyl halides is 3. The molecule has 2 aromatic carbocycles. The summed E-state index contributed by atoms with van der Waals surface area (Å²) in [5.74, 6) is 0.903. The Morgan fingerprint density at radius 3 is 2.79 bits per heavy atom. The number of Topliss-reactive ketones (excluding diaryl/α,β-unsaturated/α-hetero) is 1. The number of halogens is 3. The first-order valence-corrected chi connectivity index (χ1v) is 9.23. The van der Waals surface area contributed by atoms with Gasteiger partial charge in [0.2, 0.25) is 6.79 Å². The van der Waals surface area contributed by atoms with Gasteiger partial charge in [-0.05, 0) is 37.6 Å². The predicted molar refractivity (Wildman–Crippen MR) is 96.3 cm³/mol. The maximum Gasteiger partial charge on any atom is 0.416 e. The fourth-order valence-corrected chi connectivity index (χ4v) is 3.85. The van der Waals surface area contributed by atoms with E-state index in [-0.39, 0.29) is 24.1 Å². The van der Waals surface area contributed by atoms with Crippen LogP contribution in [0.4, 0.5) is 13.2 Å². The van der Waals surface area contributed by atoms with E-state index in [2.05, 4.69) is 4.90 Å². The van der Waals surface area contributed by atoms with E-state index < -0.39 is 11.7 Å². The van der Waals surface area contributed by atoms with Crippen molar-refractivity contribution in [3.05, 3.63) is 59.2 Å². The van der Waals surface area contributed by atoms with Crippen LogP contribution >= 0.6 is 0 Å². The van der Waals surface area contributed by atoms with Crippen molar-refractivity contribution in [2.24, 2.45) is 5.92 Å². The average molecular weight is 391 g/mol. The molecule has 2 aromatic rings. The third-order valence-corrected chi connectivity index (χ3v) is 5.22. The second kappa shape index (κ2) is 7.47. The molecule has 2 aliphatic heterocycles. The van der Waals surface area contributed by atoms with Gasteiger partial charge in [-0.3, -0.25) is 9.69 Å². The minimum absolute atomic E-state index is 0.124. The van der Waals surface area contributed by atoms with Gasteiger partial charge in [-0.1, -0.05) is 24.3 Å². The molecule has 0 amide bonds. The lowest BCUT2D eigenvalue weighted by Gasteiger charge is -2.32. The number of ether oxygens (including phenoxy) is 2. The van der Waals surface area contributed by atoms with Crippen LogP contribution < -0.4 is 9.47 Å². The lowest BCUT2D eigenvalue weighted by Crippen LogP contribution is -2.38. The first-order valence-electron chi connectivity index (χ1n) is 9.23. The Bertz CT molecular complexity index is 881. The minimum atomic E-state index is -4.45. The van der Waals surface area contributed by atoms with Gasteiger partial charge in [0.25, 0.3) is 0 Å². The SMILES string of the molecule is O=C(c1cccc(C(F)(F)F)c1)[C@@H]1CCCN(Cc2cccc3c2OCO3)C1. The van der Waals surface area contributed by atoms with E-state index >= 15 is 0 Å². The van der Waals surface area contributed by atoms with Gasteiger partial charge >= 0.3 is 6.18 Å². The van der Waals surface area contributed by atoms with Crippen LogP contribution in [0.1, 0.15) is 34.3 Å². The number of carbonyl (C=O) groups excluding carboxylic acids is 1. The highest BCUT2D eigenvalue weighted by Gasteiger charge is 2.32. The maximum atomic E-state index is 12.9. The van der Waals surface area contributed by atoms with E-state index in [0.717, 1.165) is 36.4 Å². The summed E-state index contributed by atoms with van der Waals surface area (Å²) in [6.07, 6.45) is -2.95. The lowest BCUT2D eigenvalue weighted by molar-refractivity contribution is -0.137. The fraction of sp³-hybridized carbons (Fsp3) is 0.381. The average Bonchev–Trinajstić information content (AvgIpc) is 3.17. The van der Waals surface area contributed by atoms with E-state index in [9.17, 15) is 18.0 Å². The van der Waals surface area contributed by atoms with Gasteiger partial charge in [-0.25, -0.2) is 0 Å². The third kappa shape index (κ3) is 3.85. The van der Waals surface area contributed by atoms with Crippen LogP contribution in [0, 0.1) is 5.92 Å². The number of hydrogen-bond acceptors (Lipinski definition) is 4. The molecule has 0 saturated carbocycles. The largest absolute Gasteiger partial charge is 0.454 e. The summed E-state index contributed by atoms with van der Waals surface area (Å²) in [5, 5.41) is 0. The number of nitrogens with zero attached hydrogens (tertiary/aromatic N) is 1. The highest BCUT2D eigenvalue weighted by atomic mass is 19.4. The van der Waals surface area contributed by atoms with Crippen molar-refractivity contribution in [2.75, 3.05) is 19.9 Å². The van der Waals surface area contributed by atoms with Crippen LogP contribution in [0.5, 0.6) is 11.5 Å². The predicted octanol–water partition coefficient (Wildman–Crippen LogP) is 4.53. The zero-order valence-corrected chi connectivity index (χ0v) is 15.2. The number of piperidine rings is 1.